The molecular formula is C15H30N4O. The van der Waals surface area contributed by atoms with Gasteiger partial charge in [0, 0.05) is 46.4 Å². The molecule has 1 rings (SSSR count). The Morgan fingerprint density at radius 3 is 2.75 bits per heavy atom. The van der Waals surface area contributed by atoms with Crippen LogP contribution in [0.1, 0.15) is 31.5 Å². The smallest absolute Gasteiger partial charge is 0.131 e. The van der Waals surface area contributed by atoms with Gasteiger partial charge in [0.1, 0.15) is 5.82 Å². The molecule has 1 aromatic heterocycles. The van der Waals surface area contributed by atoms with Gasteiger partial charge in [0.15, 0.2) is 0 Å². The Labute approximate surface area is 123 Å². The zero-order valence-corrected chi connectivity index (χ0v) is 13.9. The minimum Gasteiger partial charge on any atom is -0.383 e. The summed E-state index contributed by atoms with van der Waals surface area (Å²) in [6, 6.07) is 0. The molecule has 1 N–H and O–H groups in total. The van der Waals surface area contributed by atoms with E-state index in [0.717, 1.165) is 31.9 Å². The molecule has 116 valence electrons. The van der Waals surface area contributed by atoms with E-state index in [2.05, 4.69) is 43.1 Å². The molecule has 5 heteroatoms. The standard InChI is InChI=1S/C15H30N4O/c1-7-12(2)11-18(4)15-14(10-16-8-9-20-6)13(3)17-19(15)5/h12,16H,7-11H2,1-6H3. The highest BCUT2D eigenvalue weighted by Gasteiger charge is 2.17. The Balaban J connectivity index is 2.78. The van der Waals surface area contributed by atoms with Gasteiger partial charge in [-0.05, 0) is 12.8 Å². The topological polar surface area (TPSA) is 42.3 Å². The van der Waals surface area contributed by atoms with E-state index < -0.39 is 0 Å². The first-order chi connectivity index (χ1) is 9.51. The van der Waals surface area contributed by atoms with Crippen molar-refractivity contribution < 1.29 is 4.74 Å². The average Bonchev–Trinajstić information content (AvgIpc) is 2.69. The van der Waals surface area contributed by atoms with Crippen LogP contribution < -0.4 is 10.2 Å². The fourth-order valence-corrected chi connectivity index (χ4v) is 2.44. The highest BCUT2D eigenvalue weighted by molar-refractivity contribution is 5.49. The molecule has 0 fully saturated rings. The van der Waals surface area contributed by atoms with E-state index in [4.69, 9.17) is 4.74 Å². The molecule has 0 saturated heterocycles. The van der Waals surface area contributed by atoms with Crippen molar-refractivity contribution in [1.29, 1.82) is 0 Å². The van der Waals surface area contributed by atoms with Crippen LogP contribution in [0, 0.1) is 12.8 Å². The van der Waals surface area contributed by atoms with Gasteiger partial charge in [-0.15, -0.1) is 0 Å². The number of anilines is 1. The third kappa shape index (κ3) is 4.49. The van der Waals surface area contributed by atoms with Crippen LogP contribution in [0.5, 0.6) is 0 Å². The maximum absolute atomic E-state index is 5.07. The van der Waals surface area contributed by atoms with Gasteiger partial charge in [0.25, 0.3) is 0 Å². The predicted octanol–water partition coefficient (Wildman–Crippen LogP) is 1.95. The number of ether oxygens (including phenoxy) is 1. The summed E-state index contributed by atoms with van der Waals surface area (Å²) < 4.78 is 7.06. The van der Waals surface area contributed by atoms with Crippen LogP contribution >= 0.6 is 0 Å². The molecule has 1 heterocycles. The van der Waals surface area contributed by atoms with E-state index in [1.54, 1.807) is 7.11 Å². The van der Waals surface area contributed by atoms with Gasteiger partial charge >= 0.3 is 0 Å². The third-order valence-corrected chi connectivity index (χ3v) is 3.74. The maximum atomic E-state index is 5.07. The number of nitrogens with one attached hydrogen (secondary N) is 1. The van der Waals surface area contributed by atoms with Gasteiger partial charge in [-0.3, -0.25) is 4.68 Å². The van der Waals surface area contributed by atoms with E-state index in [-0.39, 0.29) is 0 Å². The van der Waals surface area contributed by atoms with Crippen LogP contribution in [0.15, 0.2) is 0 Å². The molecule has 0 aliphatic heterocycles. The summed E-state index contributed by atoms with van der Waals surface area (Å²) in [5.41, 5.74) is 2.39. The number of aromatic nitrogens is 2. The van der Waals surface area contributed by atoms with Crippen molar-refractivity contribution in [2.24, 2.45) is 13.0 Å². The first kappa shape index (κ1) is 17.0. The lowest BCUT2D eigenvalue weighted by Gasteiger charge is -2.24. The molecule has 1 unspecified atom stereocenters. The molecule has 0 aliphatic rings. The average molecular weight is 282 g/mol. The van der Waals surface area contributed by atoms with Crippen LogP contribution in [-0.4, -0.2) is 43.6 Å². The van der Waals surface area contributed by atoms with Crippen molar-refractivity contribution >= 4 is 5.82 Å². The minimum absolute atomic E-state index is 0.685. The van der Waals surface area contributed by atoms with E-state index in [1.165, 1.54) is 17.8 Å². The highest BCUT2D eigenvalue weighted by Crippen LogP contribution is 2.23. The molecule has 0 amide bonds. The van der Waals surface area contributed by atoms with Crippen molar-refractivity contribution in [3.05, 3.63) is 11.3 Å². The SMILES string of the molecule is CCC(C)CN(C)c1c(CNCCOC)c(C)nn1C. The summed E-state index contributed by atoms with van der Waals surface area (Å²) in [6.07, 6.45) is 1.20. The zero-order chi connectivity index (χ0) is 15.1. The summed E-state index contributed by atoms with van der Waals surface area (Å²) >= 11 is 0. The molecule has 0 spiro atoms. The Morgan fingerprint density at radius 1 is 1.45 bits per heavy atom. The molecule has 0 saturated carbocycles. The molecule has 0 radical (unpaired) electrons. The number of hydrogen-bond acceptors (Lipinski definition) is 4. The third-order valence-electron chi connectivity index (χ3n) is 3.74. The summed E-state index contributed by atoms with van der Waals surface area (Å²) in [6.45, 7) is 10.1. The first-order valence-corrected chi connectivity index (χ1v) is 7.44. The molecule has 1 atom stereocenters. The Hall–Kier alpha value is -1.07. The molecule has 20 heavy (non-hydrogen) atoms. The van der Waals surface area contributed by atoms with Gasteiger partial charge in [-0.25, -0.2) is 0 Å². The normalized spacial score (nSPS) is 12.7. The summed E-state index contributed by atoms with van der Waals surface area (Å²) in [5, 5.41) is 7.98. The molecule has 5 nitrogen and oxygen atoms in total. The van der Waals surface area contributed by atoms with Gasteiger partial charge < -0.3 is 15.0 Å². The minimum atomic E-state index is 0.685. The molecule has 1 aromatic rings. The molecular weight excluding hydrogens is 252 g/mol. The fraction of sp³-hybridized carbons (Fsp3) is 0.800. The Kier molecular flexibility index (Phi) is 7.02. The van der Waals surface area contributed by atoms with Crippen LogP contribution in [0.4, 0.5) is 5.82 Å². The van der Waals surface area contributed by atoms with Crippen LogP contribution in [-0.2, 0) is 18.3 Å². The van der Waals surface area contributed by atoms with E-state index in [0.29, 0.717) is 5.92 Å². The van der Waals surface area contributed by atoms with Crippen LogP contribution in [0.25, 0.3) is 0 Å². The Bertz CT molecular complexity index is 403. The lowest BCUT2D eigenvalue weighted by Crippen LogP contribution is -2.28. The largest absolute Gasteiger partial charge is 0.383 e. The second-order valence-corrected chi connectivity index (χ2v) is 5.57. The predicted molar refractivity (Wildman–Crippen MR) is 84.3 cm³/mol. The van der Waals surface area contributed by atoms with Crippen molar-refractivity contribution in [2.75, 3.05) is 38.8 Å². The van der Waals surface area contributed by atoms with Crippen molar-refractivity contribution in [3.63, 3.8) is 0 Å². The number of nitrogens with zero attached hydrogens (tertiary/aromatic N) is 3. The van der Waals surface area contributed by atoms with Crippen molar-refractivity contribution in [1.82, 2.24) is 15.1 Å². The summed E-state index contributed by atoms with van der Waals surface area (Å²) in [7, 11) is 5.90. The number of aryl methyl sites for hydroxylation is 2. The van der Waals surface area contributed by atoms with Crippen LogP contribution in [0.2, 0.25) is 0 Å². The molecule has 0 aromatic carbocycles. The van der Waals surface area contributed by atoms with Gasteiger partial charge in [-0.2, -0.15) is 5.10 Å². The zero-order valence-electron chi connectivity index (χ0n) is 13.9. The summed E-state index contributed by atoms with van der Waals surface area (Å²) in [5.74, 6) is 1.90. The number of hydrogen-bond donors (Lipinski definition) is 1. The van der Waals surface area contributed by atoms with Gasteiger partial charge in [-0.1, -0.05) is 20.3 Å². The lowest BCUT2D eigenvalue weighted by molar-refractivity contribution is 0.199. The fourth-order valence-electron chi connectivity index (χ4n) is 2.44. The van der Waals surface area contributed by atoms with Gasteiger partial charge in [0.05, 0.1) is 12.3 Å². The number of methoxy groups -OCH3 is 1. The highest BCUT2D eigenvalue weighted by atomic mass is 16.5. The van der Waals surface area contributed by atoms with Gasteiger partial charge in [0.2, 0.25) is 0 Å². The quantitative estimate of drug-likeness (QED) is 0.703. The maximum Gasteiger partial charge on any atom is 0.131 e. The van der Waals surface area contributed by atoms with E-state index in [1.807, 2.05) is 11.7 Å². The van der Waals surface area contributed by atoms with Crippen LogP contribution in [0.3, 0.4) is 0 Å². The summed E-state index contributed by atoms with van der Waals surface area (Å²) in [4.78, 5) is 2.32. The molecule has 0 bridgehead atoms. The number of rotatable bonds is 9. The second kappa shape index (κ2) is 8.27. The monoisotopic (exact) mass is 282 g/mol. The second-order valence-electron chi connectivity index (χ2n) is 5.57. The van der Waals surface area contributed by atoms with E-state index in [9.17, 15) is 0 Å². The molecule has 0 aliphatic carbocycles. The first-order valence-electron chi connectivity index (χ1n) is 7.44. The van der Waals surface area contributed by atoms with Crippen molar-refractivity contribution in [3.8, 4) is 0 Å². The Morgan fingerprint density at radius 2 is 2.15 bits per heavy atom. The lowest BCUT2D eigenvalue weighted by atomic mass is 10.1. The van der Waals surface area contributed by atoms with Crippen molar-refractivity contribution in [2.45, 2.75) is 33.7 Å². The van der Waals surface area contributed by atoms with E-state index >= 15 is 0 Å².